The number of phenols is 1. The summed E-state index contributed by atoms with van der Waals surface area (Å²) in [5.74, 6) is -0.237. The molecule has 0 spiro atoms. The highest BCUT2D eigenvalue weighted by atomic mass is 16.5. The van der Waals surface area contributed by atoms with Crippen LogP contribution in [0.2, 0.25) is 0 Å². The van der Waals surface area contributed by atoms with Crippen LogP contribution in [0, 0.1) is 6.92 Å². The molecule has 0 amide bonds. The molecule has 0 fully saturated rings. The van der Waals surface area contributed by atoms with Crippen LogP contribution in [0.5, 0.6) is 5.75 Å². The molecule has 0 aliphatic rings. The van der Waals surface area contributed by atoms with E-state index in [0.717, 1.165) is 5.39 Å². The molecule has 1 heterocycles. The highest BCUT2D eigenvalue weighted by Crippen LogP contribution is 2.28. The zero-order valence-electron chi connectivity index (χ0n) is 8.40. The second-order valence-electron chi connectivity index (χ2n) is 3.23. The fourth-order valence-corrected chi connectivity index (χ4v) is 1.43. The van der Waals surface area contributed by atoms with E-state index in [0.29, 0.717) is 11.1 Å². The Bertz CT molecular complexity index is 525. The predicted molar refractivity (Wildman–Crippen MR) is 54.0 cm³/mol. The van der Waals surface area contributed by atoms with Crippen molar-refractivity contribution < 1.29 is 19.1 Å². The SMILES string of the molecule is COC(=O)c1cc2ccc(O)c(C)c2o1. The molecule has 0 atom stereocenters. The van der Waals surface area contributed by atoms with E-state index in [9.17, 15) is 9.90 Å². The standard InChI is InChI=1S/C11H10O4/c1-6-8(12)4-3-7-5-9(11(13)14-2)15-10(6)7/h3-5,12H,1-2H3. The summed E-state index contributed by atoms with van der Waals surface area (Å²) in [6, 6.07) is 4.84. The number of aromatic hydroxyl groups is 1. The molecule has 1 aromatic heterocycles. The van der Waals surface area contributed by atoms with Crippen LogP contribution < -0.4 is 0 Å². The second-order valence-corrected chi connectivity index (χ2v) is 3.23. The predicted octanol–water partition coefficient (Wildman–Crippen LogP) is 2.23. The Morgan fingerprint density at radius 3 is 2.87 bits per heavy atom. The molecule has 2 aromatic rings. The van der Waals surface area contributed by atoms with Gasteiger partial charge in [0, 0.05) is 10.9 Å². The lowest BCUT2D eigenvalue weighted by molar-refractivity contribution is 0.0567. The molecule has 2 rings (SSSR count). The molecule has 0 saturated heterocycles. The van der Waals surface area contributed by atoms with Crippen LogP contribution in [-0.2, 0) is 4.74 Å². The van der Waals surface area contributed by atoms with Crippen LogP contribution in [0.4, 0.5) is 0 Å². The number of aryl methyl sites for hydroxylation is 1. The summed E-state index contributed by atoms with van der Waals surface area (Å²) in [5.41, 5.74) is 1.12. The van der Waals surface area contributed by atoms with Gasteiger partial charge in [-0.05, 0) is 25.1 Å². The Balaban J connectivity index is 2.66. The highest BCUT2D eigenvalue weighted by Gasteiger charge is 2.14. The zero-order valence-corrected chi connectivity index (χ0v) is 8.40. The number of carbonyl (C=O) groups is 1. The van der Waals surface area contributed by atoms with Gasteiger partial charge in [-0.2, -0.15) is 0 Å². The zero-order chi connectivity index (χ0) is 11.0. The lowest BCUT2D eigenvalue weighted by Gasteiger charge is -1.97. The molecule has 1 aromatic carbocycles. The smallest absolute Gasteiger partial charge is 0.373 e. The first-order chi connectivity index (χ1) is 7.13. The molecule has 78 valence electrons. The quantitative estimate of drug-likeness (QED) is 0.727. The Kier molecular flexibility index (Phi) is 2.11. The van der Waals surface area contributed by atoms with E-state index in [2.05, 4.69) is 4.74 Å². The van der Waals surface area contributed by atoms with Gasteiger partial charge in [0.05, 0.1) is 7.11 Å². The Labute approximate surface area is 86.1 Å². The van der Waals surface area contributed by atoms with Gasteiger partial charge in [0.1, 0.15) is 11.3 Å². The van der Waals surface area contributed by atoms with E-state index in [1.807, 2.05) is 0 Å². The molecule has 0 radical (unpaired) electrons. The van der Waals surface area contributed by atoms with Crippen molar-refractivity contribution in [2.45, 2.75) is 6.92 Å². The summed E-state index contributed by atoms with van der Waals surface area (Å²) < 4.78 is 9.84. The van der Waals surface area contributed by atoms with E-state index < -0.39 is 5.97 Å². The van der Waals surface area contributed by atoms with Crippen LogP contribution in [0.3, 0.4) is 0 Å². The van der Waals surface area contributed by atoms with Crippen molar-refractivity contribution >= 4 is 16.9 Å². The van der Waals surface area contributed by atoms with Crippen molar-refractivity contribution in [3.63, 3.8) is 0 Å². The number of esters is 1. The third-order valence-electron chi connectivity index (χ3n) is 2.29. The summed E-state index contributed by atoms with van der Waals surface area (Å²) in [5, 5.41) is 10.2. The summed E-state index contributed by atoms with van der Waals surface area (Å²) in [4.78, 5) is 11.2. The molecule has 1 N–H and O–H groups in total. The average molecular weight is 206 g/mol. The summed E-state index contributed by atoms with van der Waals surface area (Å²) in [6.07, 6.45) is 0. The number of methoxy groups -OCH3 is 1. The first kappa shape index (κ1) is 9.58. The summed E-state index contributed by atoms with van der Waals surface area (Å²) in [7, 11) is 1.29. The lowest BCUT2D eigenvalue weighted by atomic mass is 10.1. The minimum absolute atomic E-state index is 0.140. The van der Waals surface area contributed by atoms with E-state index >= 15 is 0 Å². The third-order valence-corrected chi connectivity index (χ3v) is 2.29. The number of benzene rings is 1. The average Bonchev–Trinajstić information content (AvgIpc) is 2.67. The van der Waals surface area contributed by atoms with Gasteiger partial charge in [0.15, 0.2) is 0 Å². The Morgan fingerprint density at radius 1 is 1.47 bits per heavy atom. The molecule has 0 saturated carbocycles. The molecular weight excluding hydrogens is 196 g/mol. The van der Waals surface area contributed by atoms with Crippen LogP contribution in [0.1, 0.15) is 16.1 Å². The maximum absolute atomic E-state index is 11.2. The van der Waals surface area contributed by atoms with Crippen molar-refractivity contribution in [2.24, 2.45) is 0 Å². The lowest BCUT2D eigenvalue weighted by Crippen LogP contribution is -1.97. The number of fused-ring (bicyclic) bond motifs is 1. The number of hydrogen-bond donors (Lipinski definition) is 1. The van der Waals surface area contributed by atoms with Gasteiger partial charge in [0.25, 0.3) is 0 Å². The molecular formula is C11H10O4. The summed E-state index contributed by atoms with van der Waals surface area (Å²) >= 11 is 0. The van der Waals surface area contributed by atoms with Crippen molar-refractivity contribution in [1.82, 2.24) is 0 Å². The van der Waals surface area contributed by atoms with E-state index in [-0.39, 0.29) is 11.5 Å². The normalized spacial score (nSPS) is 10.5. The fourth-order valence-electron chi connectivity index (χ4n) is 1.43. The monoisotopic (exact) mass is 206 g/mol. The number of furan rings is 1. The molecule has 0 bridgehead atoms. The van der Waals surface area contributed by atoms with Gasteiger partial charge in [-0.1, -0.05) is 0 Å². The van der Waals surface area contributed by atoms with Crippen LogP contribution in [-0.4, -0.2) is 18.2 Å². The molecule has 0 aliphatic heterocycles. The number of carbonyl (C=O) groups excluding carboxylic acids is 1. The van der Waals surface area contributed by atoms with E-state index in [4.69, 9.17) is 4.42 Å². The first-order valence-electron chi connectivity index (χ1n) is 4.44. The number of rotatable bonds is 1. The van der Waals surface area contributed by atoms with Gasteiger partial charge in [-0.15, -0.1) is 0 Å². The Morgan fingerprint density at radius 2 is 2.20 bits per heavy atom. The summed E-state index contributed by atoms with van der Waals surface area (Å²) in [6.45, 7) is 1.72. The van der Waals surface area contributed by atoms with Crippen molar-refractivity contribution in [3.8, 4) is 5.75 Å². The van der Waals surface area contributed by atoms with Crippen molar-refractivity contribution in [1.29, 1.82) is 0 Å². The number of ether oxygens (including phenoxy) is 1. The van der Waals surface area contributed by atoms with Gasteiger partial charge >= 0.3 is 5.97 Å². The van der Waals surface area contributed by atoms with Gasteiger partial charge in [-0.25, -0.2) is 4.79 Å². The van der Waals surface area contributed by atoms with Gasteiger partial charge in [-0.3, -0.25) is 0 Å². The maximum atomic E-state index is 11.2. The second kappa shape index (κ2) is 3.31. The maximum Gasteiger partial charge on any atom is 0.373 e. The Hall–Kier alpha value is -1.97. The molecule has 0 aliphatic carbocycles. The molecule has 0 unspecified atom stereocenters. The number of phenolic OH excluding ortho intramolecular Hbond substituents is 1. The highest BCUT2D eigenvalue weighted by molar-refractivity contribution is 5.93. The van der Waals surface area contributed by atoms with Crippen LogP contribution in [0.15, 0.2) is 22.6 Å². The fraction of sp³-hybridized carbons (Fsp3) is 0.182. The van der Waals surface area contributed by atoms with Crippen molar-refractivity contribution in [3.05, 3.63) is 29.5 Å². The van der Waals surface area contributed by atoms with Gasteiger partial charge in [0.2, 0.25) is 5.76 Å². The van der Waals surface area contributed by atoms with E-state index in [1.165, 1.54) is 7.11 Å². The first-order valence-corrected chi connectivity index (χ1v) is 4.44. The van der Waals surface area contributed by atoms with Crippen LogP contribution in [0.25, 0.3) is 11.0 Å². The van der Waals surface area contributed by atoms with Crippen molar-refractivity contribution in [2.75, 3.05) is 7.11 Å². The van der Waals surface area contributed by atoms with E-state index in [1.54, 1.807) is 25.1 Å². The number of hydrogen-bond acceptors (Lipinski definition) is 4. The van der Waals surface area contributed by atoms with Gasteiger partial charge < -0.3 is 14.3 Å². The third kappa shape index (κ3) is 1.44. The minimum atomic E-state index is -0.523. The topological polar surface area (TPSA) is 59.7 Å². The minimum Gasteiger partial charge on any atom is -0.508 e. The molecule has 4 heteroatoms. The largest absolute Gasteiger partial charge is 0.508 e. The molecule has 4 nitrogen and oxygen atoms in total. The van der Waals surface area contributed by atoms with Crippen LogP contribution >= 0.6 is 0 Å². The molecule has 15 heavy (non-hydrogen) atoms.